The molecule has 0 atom stereocenters. The van der Waals surface area contributed by atoms with Crippen molar-refractivity contribution in [3.8, 4) is 5.75 Å². The van der Waals surface area contributed by atoms with Gasteiger partial charge in [0.25, 0.3) is 0 Å². The van der Waals surface area contributed by atoms with Crippen LogP contribution in [0.1, 0.15) is 12.8 Å². The summed E-state index contributed by atoms with van der Waals surface area (Å²) in [7, 11) is 0. The van der Waals surface area contributed by atoms with Crippen LogP contribution in [0.2, 0.25) is 0 Å². The van der Waals surface area contributed by atoms with Gasteiger partial charge in [-0.25, -0.2) is 0 Å². The zero-order valence-electron chi connectivity index (χ0n) is 13.9. The molecule has 2 heterocycles. The maximum atomic E-state index is 12.2. The van der Waals surface area contributed by atoms with Gasteiger partial charge in [-0.2, -0.15) is 0 Å². The lowest BCUT2D eigenvalue weighted by molar-refractivity contribution is -0.141. The van der Waals surface area contributed by atoms with E-state index >= 15 is 0 Å². The van der Waals surface area contributed by atoms with E-state index in [2.05, 4.69) is 0 Å². The first-order chi connectivity index (χ1) is 11.8. The molecule has 0 bridgehead atoms. The summed E-state index contributed by atoms with van der Waals surface area (Å²) in [5.41, 5.74) is 0. The summed E-state index contributed by atoms with van der Waals surface area (Å²) in [6, 6.07) is 9.58. The fourth-order valence-electron chi connectivity index (χ4n) is 3.06. The standard InChI is InChI=1S/C18H25NO5/c20-17(14-21-10-11-22-16-4-2-1-3-5-16)19-8-6-15(7-9-19)18-23-12-13-24-18/h1-5,15,18H,6-14H2. The van der Waals surface area contributed by atoms with Crippen LogP contribution in [0.3, 0.4) is 0 Å². The van der Waals surface area contributed by atoms with Crippen LogP contribution < -0.4 is 4.74 Å². The van der Waals surface area contributed by atoms with E-state index in [0.717, 1.165) is 31.7 Å². The molecule has 2 aliphatic heterocycles. The summed E-state index contributed by atoms with van der Waals surface area (Å²) in [5, 5.41) is 0. The molecule has 6 heteroatoms. The van der Waals surface area contributed by atoms with Gasteiger partial charge in [0.05, 0.1) is 19.8 Å². The Morgan fingerprint density at radius 3 is 2.50 bits per heavy atom. The third-order valence-corrected chi connectivity index (χ3v) is 4.39. The highest BCUT2D eigenvalue weighted by Crippen LogP contribution is 2.25. The van der Waals surface area contributed by atoms with Crippen LogP contribution in [-0.2, 0) is 19.0 Å². The van der Waals surface area contributed by atoms with Crippen LogP contribution in [0.5, 0.6) is 5.75 Å². The average Bonchev–Trinajstić information content (AvgIpc) is 3.17. The van der Waals surface area contributed by atoms with Gasteiger partial charge >= 0.3 is 0 Å². The maximum Gasteiger partial charge on any atom is 0.248 e. The van der Waals surface area contributed by atoms with Crippen LogP contribution in [0, 0.1) is 5.92 Å². The number of piperidine rings is 1. The minimum absolute atomic E-state index is 0.0430. The first kappa shape index (κ1) is 17.2. The summed E-state index contributed by atoms with van der Waals surface area (Å²) < 4.78 is 22.1. The third-order valence-electron chi connectivity index (χ3n) is 4.39. The molecule has 2 aliphatic rings. The van der Waals surface area contributed by atoms with Gasteiger partial charge in [-0.1, -0.05) is 18.2 Å². The predicted octanol–water partition coefficient (Wildman–Crippen LogP) is 1.69. The Hall–Kier alpha value is -1.63. The highest BCUT2D eigenvalue weighted by atomic mass is 16.7. The molecule has 0 aromatic heterocycles. The van der Waals surface area contributed by atoms with Crippen LogP contribution in [0.25, 0.3) is 0 Å². The monoisotopic (exact) mass is 335 g/mol. The molecule has 2 fully saturated rings. The van der Waals surface area contributed by atoms with Crippen molar-refractivity contribution in [1.82, 2.24) is 4.90 Å². The second-order valence-electron chi connectivity index (χ2n) is 6.04. The van der Waals surface area contributed by atoms with E-state index in [1.165, 1.54) is 0 Å². The average molecular weight is 335 g/mol. The zero-order chi connectivity index (χ0) is 16.6. The first-order valence-corrected chi connectivity index (χ1v) is 8.59. The van der Waals surface area contributed by atoms with Crippen molar-refractivity contribution in [2.24, 2.45) is 5.92 Å². The highest BCUT2D eigenvalue weighted by molar-refractivity contribution is 5.77. The molecule has 2 saturated heterocycles. The topological polar surface area (TPSA) is 57.2 Å². The number of carbonyl (C=O) groups is 1. The molecule has 0 unspecified atom stereocenters. The number of benzene rings is 1. The highest BCUT2D eigenvalue weighted by Gasteiger charge is 2.31. The van der Waals surface area contributed by atoms with Crippen LogP contribution in [-0.4, -0.2) is 63.2 Å². The molecule has 3 rings (SSSR count). The Kier molecular flexibility index (Phi) is 6.46. The van der Waals surface area contributed by atoms with E-state index in [9.17, 15) is 4.79 Å². The zero-order valence-corrected chi connectivity index (χ0v) is 13.9. The molecule has 0 radical (unpaired) electrons. The van der Waals surface area contributed by atoms with Gasteiger partial charge in [-0.3, -0.25) is 4.79 Å². The van der Waals surface area contributed by atoms with Crippen molar-refractivity contribution in [3.05, 3.63) is 30.3 Å². The van der Waals surface area contributed by atoms with Crippen LogP contribution in [0.15, 0.2) is 30.3 Å². The quantitative estimate of drug-likeness (QED) is 0.710. The van der Waals surface area contributed by atoms with Gasteiger partial charge in [0.2, 0.25) is 5.91 Å². The molecule has 0 spiro atoms. The molecule has 6 nitrogen and oxygen atoms in total. The minimum Gasteiger partial charge on any atom is -0.491 e. The number of hydrogen-bond acceptors (Lipinski definition) is 5. The maximum absolute atomic E-state index is 12.2. The van der Waals surface area contributed by atoms with E-state index in [1.807, 2.05) is 35.2 Å². The summed E-state index contributed by atoms with van der Waals surface area (Å²) in [4.78, 5) is 14.0. The van der Waals surface area contributed by atoms with Gasteiger partial charge in [-0.15, -0.1) is 0 Å². The summed E-state index contributed by atoms with van der Waals surface area (Å²) >= 11 is 0. The first-order valence-electron chi connectivity index (χ1n) is 8.59. The van der Waals surface area contributed by atoms with Gasteiger partial charge < -0.3 is 23.8 Å². The second kappa shape index (κ2) is 9.01. The smallest absolute Gasteiger partial charge is 0.248 e. The Balaban J connectivity index is 1.27. The van der Waals surface area contributed by atoms with Crippen molar-refractivity contribution in [3.63, 3.8) is 0 Å². The van der Waals surface area contributed by atoms with E-state index < -0.39 is 0 Å². The molecule has 0 aliphatic carbocycles. The Labute approximate surface area is 142 Å². The Bertz CT molecular complexity index is 495. The van der Waals surface area contributed by atoms with Gasteiger partial charge in [0.1, 0.15) is 19.0 Å². The fraction of sp³-hybridized carbons (Fsp3) is 0.611. The molecular formula is C18H25NO5. The number of nitrogens with zero attached hydrogens (tertiary/aromatic N) is 1. The molecule has 0 N–H and O–H groups in total. The Morgan fingerprint density at radius 2 is 1.79 bits per heavy atom. The van der Waals surface area contributed by atoms with Crippen LogP contribution in [0.4, 0.5) is 0 Å². The number of ether oxygens (including phenoxy) is 4. The summed E-state index contributed by atoms with van der Waals surface area (Å²) in [6.45, 7) is 3.81. The van der Waals surface area contributed by atoms with Gasteiger partial charge in [0, 0.05) is 19.0 Å². The SMILES string of the molecule is O=C(COCCOc1ccccc1)N1CCC(C2OCCO2)CC1. The van der Waals surface area contributed by atoms with Crippen molar-refractivity contribution >= 4 is 5.91 Å². The van der Waals surface area contributed by atoms with E-state index in [1.54, 1.807) is 0 Å². The number of para-hydroxylation sites is 1. The number of hydrogen-bond donors (Lipinski definition) is 0. The second-order valence-corrected chi connectivity index (χ2v) is 6.04. The van der Waals surface area contributed by atoms with Crippen LogP contribution >= 0.6 is 0 Å². The molecule has 1 amide bonds. The molecule has 1 aromatic carbocycles. The van der Waals surface area contributed by atoms with Crippen molar-refractivity contribution in [1.29, 1.82) is 0 Å². The van der Waals surface area contributed by atoms with Gasteiger partial charge in [0.15, 0.2) is 6.29 Å². The fourth-order valence-corrected chi connectivity index (χ4v) is 3.06. The lowest BCUT2D eigenvalue weighted by Gasteiger charge is -2.33. The van der Waals surface area contributed by atoms with Crippen molar-refractivity contribution < 1.29 is 23.7 Å². The van der Waals surface area contributed by atoms with E-state index in [0.29, 0.717) is 32.3 Å². The molecule has 24 heavy (non-hydrogen) atoms. The summed E-state index contributed by atoms with van der Waals surface area (Å²) in [5.74, 6) is 1.25. The number of rotatable bonds is 7. The number of likely N-dealkylation sites (tertiary alicyclic amines) is 1. The molecule has 0 saturated carbocycles. The third kappa shape index (κ3) is 4.93. The number of amides is 1. The summed E-state index contributed by atoms with van der Waals surface area (Å²) in [6.07, 6.45) is 1.77. The molecular weight excluding hydrogens is 310 g/mol. The molecule has 132 valence electrons. The largest absolute Gasteiger partial charge is 0.491 e. The number of carbonyl (C=O) groups excluding carboxylic acids is 1. The lowest BCUT2D eigenvalue weighted by atomic mass is 9.96. The normalized spacial score (nSPS) is 19.6. The van der Waals surface area contributed by atoms with Crippen molar-refractivity contribution in [2.75, 3.05) is 46.1 Å². The van der Waals surface area contributed by atoms with E-state index in [4.69, 9.17) is 18.9 Å². The lowest BCUT2D eigenvalue weighted by Crippen LogP contribution is -2.43. The van der Waals surface area contributed by atoms with E-state index in [-0.39, 0.29) is 18.8 Å². The molecule has 1 aromatic rings. The minimum atomic E-state index is -0.0753. The van der Waals surface area contributed by atoms with Gasteiger partial charge in [-0.05, 0) is 25.0 Å². The van der Waals surface area contributed by atoms with Crippen molar-refractivity contribution in [2.45, 2.75) is 19.1 Å². The predicted molar refractivity (Wildman–Crippen MR) is 87.8 cm³/mol. The Morgan fingerprint density at radius 1 is 1.08 bits per heavy atom.